The summed E-state index contributed by atoms with van der Waals surface area (Å²) in [6.45, 7) is 0. The van der Waals surface area contributed by atoms with Crippen LogP contribution in [0.25, 0.3) is 11.6 Å². The molecule has 1 aromatic carbocycles. The van der Waals surface area contributed by atoms with Crippen LogP contribution in [-0.2, 0) is 6.42 Å². The van der Waals surface area contributed by atoms with Crippen LogP contribution in [-0.4, -0.2) is 15.1 Å². The van der Waals surface area contributed by atoms with E-state index >= 15 is 0 Å². The first-order valence-corrected chi connectivity index (χ1v) is 6.75. The molecule has 3 rings (SSSR count). The second-order valence-electron chi connectivity index (χ2n) is 3.89. The molecule has 0 amide bonds. The Bertz CT molecular complexity index is 709. The Hall–Kier alpha value is -1.92. The van der Waals surface area contributed by atoms with Gasteiger partial charge in [0.1, 0.15) is 5.69 Å². The molecule has 2 heterocycles. The summed E-state index contributed by atoms with van der Waals surface area (Å²) in [5.74, 6) is 0.966. The smallest absolute Gasteiger partial charge is 0.277 e. The van der Waals surface area contributed by atoms with Gasteiger partial charge < -0.3 is 10.3 Å². The number of hydrogen-bond acceptors (Lipinski definition) is 6. The van der Waals surface area contributed by atoms with Crippen molar-refractivity contribution in [2.45, 2.75) is 6.42 Å². The minimum absolute atomic E-state index is 0.380. The number of nitrogens with two attached hydrogens (primary N) is 1. The van der Waals surface area contributed by atoms with Crippen molar-refractivity contribution in [3.05, 3.63) is 46.1 Å². The molecule has 19 heavy (non-hydrogen) atoms. The van der Waals surface area contributed by atoms with E-state index in [0.717, 1.165) is 5.56 Å². The molecular weight excluding hydrogens is 284 g/mol. The van der Waals surface area contributed by atoms with Crippen molar-refractivity contribution in [1.29, 1.82) is 0 Å². The average molecular weight is 293 g/mol. The molecule has 7 heteroatoms. The van der Waals surface area contributed by atoms with E-state index in [1.807, 2.05) is 24.3 Å². The molecule has 2 aromatic heterocycles. The molecule has 0 saturated heterocycles. The lowest BCUT2D eigenvalue weighted by Crippen LogP contribution is -1.90. The van der Waals surface area contributed by atoms with E-state index in [9.17, 15) is 0 Å². The van der Waals surface area contributed by atoms with E-state index in [2.05, 4.69) is 15.1 Å². The highest BCUT2D eigenvalue weighted by Crippen LogP contribution is 2.22. The van der Waals surface area contributed by atoms with Gasteiger partial charge in [0.05, 0.1) is 0 Å². The van der Waals surface area contributed by atoms with Crippen LogP contribution in [0, 0.1) is 0 Å². The predicted octanol–water partition coefficient (Wildman–Crippen LogP) is 3.02. The minimum atomic E-state index is 0.380. The monoisotopic (exact) mass is 292 g/mol. The molecule has 5 nitrogen and oxygen atoms in total. The zero-order chi connectivity index (χ0) is 13.2. The van der Waals surface area contributed by atoms with E-state index in [1.54, 1.807) is 5.38 Å². The van der Waals surface area contributed by atoms with Crippen LogP contribution in [0.1, 0.15) is 11.4 Å². The van der Waals surface area contributed by atoms with Gasteiger partial charge in [0, 0.05) is 16.8 Å². The van der Waals surface area contributed by atoms with Crippen LogP contribution in [0.2, 0.25) is 5.02 Å². The third kappa shape index (κ3) is 2.74. The molecule has 0 radical (unpaired) electrons. The zero-order valence-electron chi connectivity index (χ0n) is 9.71. The Labute approximate surface area is 118 Å². The molecule has 0 unspecified atom stereocenters. The van der Waals surface area contributed by atoms with Crippen LogP contribution >= 0.6 is 22.9 Å². The number of aromatic nitrogens is 3. The average Bonchev–Trinajstić information content (AvgIpc) is 2.98. The number of anilines is 1. The Morgan fingerprint density at radius 2 is 2.21 bits per heavy atom. The van der Waals surface area contributed by atoms with Gasteiger partial charge in [0.15, 0.2) is 11.0 Å². The van der Waals surface area contributed by atoms with E-state index in [-0.39, 0.29) is 0 Å². The van der Waals surface area contributed by atoms with E-state index in [0.29, 0.717) is 34.0 Å². The molecule has 0 aliphatic rings. The summed E-state index contributed by atoms with van der Waals surface area (Å²) >= 11 is 7.26. The number of nitrogen functional groups attached to an aromatic ring is 1. The van der Waals surface area contributed by atoms with Gasteiger partial charge in [0.2, 0.25) is 0 Å². The van der Waals surface area contributed by atoms with Crippen molar-refractivity contribution in [3.63, 3.8) is 0 Å². The van der Waals surface area contributed by atoms with E-state index in [1.165, 1.54) is 11.3 Å². The van der Waals surface area contributed by atoms with E-state index < -0.39 is 0 Å². The molecule has 0 aliphatic carbocycles. The molecule has 0 fully saturated rings. The predicted molar refractivity (Wildman–Crippen MR) is 74.1 cm³/mol. The SMILES string of the molecule is Nc1nc(-c2nc(Cc3cccc(Cl)c3)no2)cs1. The normalized spacial score (nSPS) is 10.8. The summed E-state index contributed by atoms with van der Waals surface area (Å²) in [6.07, 6.45) is 0.559. The van der Waals surface area contributed by atoms with Crippen LogP contribution in [0.3, 0.4) is 0 Å². The molecule has 0 saturated carbocycles. The Morgan fingerprint density at radius 1 is 1.32 bits per heavy atom. The number of thiazole rings is 1. The second kappa shape index (κ2) is 4.99. The summed E-state index contributed by atoms with van der Waals surface area (Å²) in [4.78, 5) is 8.38. The lowest BCUT2D eigenvalue weighted by atomic mass is 10.1. The number of nitrogens with zero attached hydrogens (tertiary/aromatic N) is 3. The third-order valence-corrected chi connectivity index (χ3v) is 3.37. The summed E-state index contributed by atoms with van der Waals surface area (Å²) < 4.78 is 5.16. The minimum Gasteiger partial charge on any atom is -0.375 e. The number of hydrogen-bond donors (Lipinski definition) is 1. The summed E-state index contributed by atoms with van der Waals surface area (Å²) in [6, 6.07) is 7.55. The van der Waals surface area contributed by atoms with Gasteiger partial charge in [-0.15, -0.1) is 11.3 Å². The zero-order valence-corrected chi connectivity index (χ0v) is 11.3. The van der Waals surface area contributed by atoms with Gasteiger partial charge >= 0.3 is 0 Å². The van der Waals surface area contributed by atoms with Crippen molar-refractivity contribution >= 4 is 28.1 Å². The van der Waals surface area contributed by atoms with Crippen molar-refractivity contribution < 1.29 is 4.52 Å². The topological polar surface area (TPSA) is 77.8 Å². The van der Waals surface area contributed by atoms with Gasteiger partial charge in [-0.05, 0) is 17.7 Å². The Morgan fingerprint density at radius 3 is 2.95 bits per heavy atom. The fraction of sp³-hybridized carbons (Fsp3) is 0.0833. The maximum absolute atomic E-state index is 5.93. The Balaban J connectivity index is 1.82. The highest BCUT2D eigenvalue weighted by Gasteiger charge is 2.12. The van der Waals surface area contributed by atoms with Gasteiger partial charge in [-0.3, -0.25) is 0 Å². The summed E-state index contributed by atoms with van der Waals surface area (Å²) in [5.41, 5.74) is 7.20. The highest BCUT2D eigenvalue weighted by atomic mass is 35.5. The fourth-order valence-corrected chi connectivity index (χ4v) is 2.39. The molecule has 0 aliphatic heterocycles. The van der Waals surface area contributed by atoms with Crippen LogP contribution in [0.15, 0.2) is 34.2 Å². The first-order valence-electron chi connectivity index (χ1n) is 5.49. The summed E-state index contributed by atoms with van der Waals surface area (Å²) in [5, 5.41) is 6.87. The van der Waals surface area contributed by atoms with Crippen molar-refractivity contribution in [2.24, 2.45) is 0 Å². The first-order chi connectivity index (χ1) is 9.20. The lowest BCUT2D eigenvalue weighted by Gasteiger charge is -1.96. The lowest BCUT2D eigenvalue weighted by molar-refractivity contribution is 0.423. The molecule has 96 valence electrons. The quantitative estimate of drug-likeness (QED) is 0.803. The molecular formula is C12H9ClN4OS. The third-order valence-electron chi connectivity index (χ3n) is 2.46. The fourth-order valence-electron chi connectivity index (χ4n) is 1.65. The van der Waals surface area contributed by atoms with E-state index in [4.69, 9.17) is 21.9 Å². The summed E-state index contributed by atoms with van der Waals surface area (Å²) in [7, 11) is 0. The first kappa shape index (κ1) is 12.1. The van der Waals surface area contributed by atoms with Gasteiger partial charge in [0.25, 0.3) is 5.89 Å². The molecule has 2 N–H and O–H groups in total. The molecule has 0 spiro atoms. The standard InChI is InChI=1S/C12H9ClN4OS/c13-8-3-1-2-7(4-8)5-10-16-11(18-17-10)9-6-19-12(14)15-9/h1-4,6H,5H2,(H2,14,15). The number of halogens is 1. The van der Waals surface area contributed by atoms with Crippen molar-refractivity contribution in [2.75, 3.05) is 5.73 Å². The maximum atomic E-state index is 5.93. The van der Waals surface area contributed by atoms with Gasteiger partial charge in [-0.1, -0.05) is 28.9 Å². The number of benzene rings is 1. The maximum Gasteiger partial charge on any atom is 0.277 e. The highest BCUT2D eigenvalue weighted by molar-refractivity contribution is 7.13. The molecule has 3 aromatic rings. The van der Waals surface area contributed by atoms with Crippen molar-refractivity contribution in [1.82, 2.24) is 15.1 Å². The van der Waals surface area contributed by atoms with Crippen LogP contribution in [0.5, 0.6) is 0 Å². The second-order valence-corrected chi connectivity index (χ2v) is 5.22. The van der Waals surface area contributed by atoms with Gasteiger partial charge in [-0.2, -0.15) is 4.98 Å². The molecule has 0 bridgehead atoms. The van der Waals surface area contributed by atoms with Crippen molar-refractivity contribution in [3.8, 4) is 11.6 Å². The molecule has 0 atom stereocenters. The van der Waals surface area contributed by atoms with Gasteiger partial charge in [-0.25, -0.2) is 4.98 Å². The van der Waals surface area contributed by atoms with Crippen LogP contribution < -0.4 is 5.73 Å². The Kier molecular flexibility index (Phi) is 3.18. The van der Waals surface area contributed by atoms with Crippen LogP contribution in [0.4, 0.5) is 5.13 Å². The largest absolute Gasteiger partial charge is 0.375 e. The number of rotatable bonds is 3.